The molecule has 0 bridgehead atoms. The zero-order valence-corrected chi connectivity index (χ0v) is 20.2. The quantitative estimate of drug-likeness (QED) is 0.293. The number of rotatable bonds is 13. The van der Waals surface area contributed by atoms with Gasteiger partial charge in [-0.1, -0.05) is 60.0 Å². The van der Waals surface area contributed by atoms with Crippen LogP contribution in [0.1, 0.15) is 5.56 Å². The molecule has 2 aromatic carbocycles. The summed E-state index contributed by atoms with van der Waals surface area (Å²) in [6.07, 6.45) is 4.52. The first-order valence-electron chi connectivity index (χ1n) is 11.0. The molecule has 0 saturated heterocycles. The molecule has 1 atom stereocenters. The second-order valence-corrected chi connectivity index (χ2v) is 8.16. The number of methoxy groups -OCH3 is 1. The number of aliphatic hydroxyl groups excluding tert-OH is 1. The monoisotopic (exact) mass is 483 g/mol. The van der Waals surface area contributed by atoms with E-state index in [1.807, 2.05) is 55.6 Å². The van der Waals surface area contributed by atoms with Crippen LogP contribution in [0.15, 0.2) is 54.6 Å². The van der Waals surface area contributed by atoms with Gasteiger partial charge in [-0.2, -0.15) is 5.10 Å². The maximum absolute atomic E-state index is 10.5. The molecule has 0 amide bonds. The topological polar surface area (TPSA) is 69.0 Å². The van der Waals surface area contributed by atoms with E-state index in [0.717, 1.165) is 16.8 Å². The molecule has 7 nitrogen and oxygen atoms in total. The normalized spacial score (nSPS) is 12.0. The molecule has 34 heavy (non-hydrogen) atoms. The minimum Gasteiger partial charge on any atom is -0.437 e. The predicted molar refractivity (Wildman–Crippen MR) is 133 cm³/mol. The van der Waals surface area contributed by atoms with E-state index in [0.29, 0.717) is 42.9 Å². The molecule has 0 spiro atoms. The van der Waals surface area contributed by atoms with Crippen LogP contribution in [0.3, 0.4) is 0 Å². The van der Waals surface area contributed by atoms with Crippen molar-refractivity contribution < 1.29 is 19.3 Å². The van der Waals surface area contributed by atoms with Gasteiger partial charge in [0.2, 0.25) is 5.88 Å². The third-order valence-electron chi connectivity index (χ3n) is 5.14. The van der Waals surface area contributed by atoms with Crippen LogP contribution in [-0.4, -0.2) is 65.9 Å². The molecule has 0 aliphatic heterocycles. The second kappa shape index (κ2) is 13.1. The minimum absolute atomic E-state index is 0.148. The van der Waals surface area contributed by atoms with Gasteiger partial charge in [0.25, 0.3) is 0 Å². The van der Waals surface area contributed by atoms with Gasteiger partial charge in [0.1, 0.15) is 18.1 Å². The van der Waals surface area contributed by atoms with Crippen LogP contribution in [-0.2, 0) is 23.1 Å². The fraction of sp³-hybridized carbons (Fsp3) is 0.346. The smallest absolute Gasteiger partial charge is 0.222 e. The van der Waals surface area contributed by atoms with Gasteiger partial charge < -0.3 is 19.3 Å². The number of ether oxygens (including phenoxy) is 3. The van der Waals surface area contributed by atoms with Crippen LogP contribution in [0.4, 0.5) is 0 Å². The Labute approximate surface area is 205 Å². The Bertz CT molecular complexity index is 1080. The van der Waals surface area contributed by atoms with Crippen molar-refractivity contribution in [1.82, 2.24) is 14.7 Å². The first-order valence-corrected chi connectivity index (χ1v) is 11.4. The van der Waals surface area contributed by atoms with Gasteiger partial charge >= 0.3 is 0 Å². The summed E-state index contributed by atoms with van der Waals surface area (Å²) in [5, 5.41) is 15.8. The highest BCUT2D eigenvalue weighted by atomic mass is 35.5. The van der Waals surface area contributed by atoms with Crippen LogP contribution in [0.25, 0.3) is 11.3 Å². The van der Waals surface area contributed by atoms with Gasteiger partial charge in [0, 0.05) is 39.4 Å². The van der Waals surface area contributed by atoms with Gasteiger partial charge in [-0.25, -0.2) is 4.68 Å². The highest BCUT2D eigenvalue weighted by molar-refractivity contribution is 6.32. The Hall–Kier alpha value is -2.86. The standard InChI is InChI=1S/C26H30ClN3O4/c1-4-15-33-19-21(31)17-30(14-16-32-3)18-22-25(20-10-6-5-7-11-20)28-29(2)26(22)34-24-13-9-8-12-23(24)27/h1,5-13,21,31H,14-19H2,2-3H3/t21-/m0/s1. The van der Waals surface area contributed by atoms with E-state index in [4.69, 9.17) is 37.3 Å². The van der Waals surface area contributed by atoms with E-state index in [1.54, 1.807) is 17.9 Å². The Kier molecular flexibility index (Phi) is 9.95. The first kappa shape index (κ1) is 25.8. The SMILES string of the molecule is C#CCOC[C@@H](O)CN(CCOC)Cc1c(-c2ccccc2)nn(C)c1Oc1ccccc1Cl. The van der Waals surface area contributed by atoms with Crippen LogP contribution in [0, 0.1) is 12.3 Å². The number of aliphatic hydroxyl groups is 1. The maximum atomic E-state index is 10.5. The Balaban J connectivity index is 1.95. The van der Waals surface area contributed by atoms with Crippen LogP contribution >= 0.6 is 11.6 Å². The zero-order valence-electron chi connectivity index (χ0n) is 19.5. The summed E-state index contributed by atoms with van der Waals surface area (Å²) in [5.41, 5.74) is 2.64. The largest absolute Gasteiger partial charge is 0.437 e. The highest BCUT2D eigenvalue weighted by Crippen LogP contribution is 2.36. The number of hydrogen-bond acceptors (Lipinski definition) is 6. The molecule has 0 fully saturated rings. The lowest BCUT2D eigenvalue weighted by molar-refractivity contribution is 0.0206. The number of nitrogens with zero attached hydrogens (tertiary/aromatic N) is 3. The van der Waals surface area contributed by atoms with Crippen molar-refractivity contribution >= 4 is 11.6 Å². The van der Waals surface area contributed by atoms with E-state index in [1.165, 1.54) is 0 Å². The van der Waals surface area contributed by atoms with Gasteiger partial charge in [0.15, 0.2) is 0 Å². The molecule has 0 aliphatic carbocycles. The first-order chi connectivity index (χ1) is 16.5. The van der Waals surface area contributed by atoms with Crippen LogP contribution in [0.5, 0.6) is 11.6 Å². The number of para-hydroxylation sites is 1. The lowest BCUT2D eigenvalue weighted by Crippen LogP contribution is -2.36. The molecule has 3 aromatic rings. The van der Waals surface area contributed by atoms with Crippen molar-refractivity contribution in [2.75, 3.05) is 40.0 Å². The second-order valence-electron chi connectivity index (χ2n) is 7.76. The number of terminal acetylenes is 1. The third kappa shape index (κ3) is 7.07. The molecular formula is C26H30ClN3O4. The molecule has 0 radical (unpaired) electrons. The Morgan fingerprint density at radius 1 is 1.18 bits per heavy atom. The summed E-state index contributed by atoms with van der Waals surface area (Å²) in [7, 11) is 3.49. The number of aryl methyl sites for hydroxylation is 1. The molecular weight excluding hydrogens is 454 g/mol. The molecule has 0 aliphatic rings. The van der Waals surface area contributed by atoms with Crippen molar-refractivity contribution in [3.8, 4) is 35.2 Å². The van der Waals surface area contributed by atoms with E-state index < -0.39 is 6.10 Å². The van der Waals surface area contributed by atoms with E-state index in [9.17, 15) is 5.11 Å². The summed E-state index contributed by atoms with van der Waals surface area (Å²) < 4.78 is 18.6. The van der Waals surface area contributed by atoms with Crippen LogP contribution in [0.2, 0.25) is 5.02 Å². The molecule has 180 valence electrons. The Morgan fingerprint density at radius 3 is 2.62 bits per heavy atom. The molecule has 1 aromatic heterocycles. The molecule has 0 unspecified atom stereocenters. The van der Waals surface area contributed by atoms with Gasteiger partial charge in [-0.3, -0.25) is 4.90 Å². The summed E-state index contributed by atoms with van der Waals surface area (Å²) >= 11 is 6.36. The van der Waals surface area contributed by atoms with E-state index in [-0.39, 0.29) is 13.2 Å². The fourth-order valence-corrected chi connectivity index (χ4v) is 3.74. The van der Waals surface area contributed by atoms with Gasteiger partial charge in [-0.15, -0.1) is 6.42 Å². The van der Waals surface area contributed by atoms with Crippen molar-refractivity contribution in [3.05, 3.63) is 65.2 Å². The molecule has 0 saturated carbocycles. The Morgan fingerprint density at radius 2 is 1.91 bits per heavy atom. The third-order valence-corrected chi connectivity index (χ3v) is 5.45. The molecule has 8 heteroatoms. The lowest BCUT2D eigenvalue weighted by atomic mass is 10.1. The van der Waals surface area contributed by atoms with E-state index >= 15 is 0 Å². The highest BCUT2D eigenvalue weighted by Gasteiger charge is 2.24. The summed E-state index contributed by atoms with van der Waals surface area (Å²) in [6, 6.07) is 17.2. The average Bonchev–Trinajstić information content (AvgIpc) is 3.14. The number of hydrogen-bond donors (Lipinski definition) is 1. The predicted octanol–water partition coefficient (Wildman–Crippen LogP) is 3.99. The molecule has 1 heterocycles. The number of benzene rings is 2. The maximum Gasteiger partial charge on any atom is 0.222 e. The zero-order chi connectivity index (χ0) is 24.3. The number of aromatic nitrogens is 2. The van der Waals surface area contributed by atoms with Crippen LogP contribution < -0.4 is 4.74 Å². The number of halogens is 1. The fourth-order valence-electron chi connectivity index (χ4n) is 3.57. The van der Waals surface area contributed by atoms with E-state index in [2.05, 4.69) is 10.8 Å². The van der Waals surface area contributed by atoms with Gasteiger partial charge in [-0.05, 0) is 12.1 Å². The average molecular weight is 484 g/mol. The summed E-state index contributed by atoms with van der Waals surface area (Å²) in [5.74, 6) is 3.53. The minimum atomic E-state index is -0.713. The molecule has 1 N–H and O–H groups in total. The summed E-state index contributed by atoms with van der Waals surface area (Å²) in [6.45, 7) is 2.23. The molecule has 3 rings (SSSR count). The summed E-state index contributed by atoms with van der Waals surface area (Å²) in [4.78, 5) is 2.08. The van der Waals surface area contributed by atoms with Crippen molar-refractivity contribution in [2.24, 2.45) is 7.05 Å². The van der Waals surface area contributed by atoms with Crippen molar-refractivity contribution in [1.29, 1.82) is 0 Å². The van der Waals surface area contributed by atoms with Crippen molar-refractivity contribution in [2.45, 2.75) is 12.6 Å². The lowest BCUT2D eigenvalue weighted by Gasteiger charge is -2.25. The van der Waals surface area contributed by atoms with Gasteiger partial charge in [0.05, 0.1) is 29.9 Å². The van der Waals surface area contributed by atoms with Crippen molar-refractivity contribution in [3.63, 3.8) is 0 Å².